The van der Waals surface area contributed by atoms with Gasteiger partial charge in [-0.15, -0.1) is 0 Å². The lowest BCUT2D eigenvalue weighted by molar-refractivity contribution is -0.218. The second-order valence-electron chi connectivity index (χ2n) is 5.25. The predicted molar refractivity (Wildman–Crippen MR) is 66.7 cm³/mol. The van der Waals surface area contributed by atoms with E-state index in [9.17, 15) is 0 Å². The van der Waals surface area contributed by atoms with E-state index in [1.54, 1.807) is 7.11 Å². The van der Waals surface area contributed by atoms with Gasteiger partial charge in [-0.1, -0.05) is 27.7 Å². The molecule has 1 rings (SSSR count). The first-order chi connectivity index (χ1) is 7.54. The van der Waals surface area contributed by atoms with Crippen LogP contribution in [0, 0.1) is 5.92 Å². The average Bonchev–Trinajstić information content (AvgIpc) is 2.29. The van der Waals surface area contributed by atoms with Crippen molar-refractivity contribution in [1.29, 1.82) is 0 Å². The van der Waals surface area contributed by atoms with Crippen LogP contribution in [0.1, 0.15) is 40.5 Å². The molecule has 0 aromatic rings. The molecule has 3 nitrogen and oxygen atoms in total. The van der Waals surface area contributed by atoms with Crippen LogP contribution in [0.15, 0.2) is 0 Å². The molecular weight excluding hydrogens is 202 g/mol. The lowest BCUT2D eigenvalue weighted by atomic mass is 9.85. The lowest BCUT2D eigenvalue weighted by Gasteiger charge is -2.50. The highest BCUT2D eigenvalue weighted by Crippen LogP contribution is 2.34. The molecule has 0 radical (unpaired) electrons. The minimum absolute atomic E-state index is 0.0128. The molecule has 1 N–H and O–H groups in total. The normalized spacial score (nSPS) is 29.6. The van der Waals surface area contributed by atoms with E-state index in [0.29, 0.717) is 12.5 Å². The summed E-state index contributed by atoms with van der Waals surface area (Å²) in [6.07, 6.45) is 2.10. The molecule has 1 heterocycles. The summed E-state index contributed by atoms with van der Waals surface area (Å²) in [5, 5.41) is 3.53. The number of hydrogen-bond acceptors (Lipinski definition) is 3. The Balaban J connectivity index is 2.86. The van der Waals surface area contributed by atoms with E-state index in [0.717, 1.165) is 25.9 Å². The van der Waals surface area contributed by atoms with Crippen LogP contribution in [-0.4, -0.2) is 38.0 Å². The van der Waals surface area contributed by atoms with Crippen LogP contribution < -0.4 is 5.32 Å². The number of nitrogens with one attached hydrogen (secondary N) is 1. The van der Waals surface area contributed by atoms with Gasteiger partial charge < -0.3 is 14.8 Å². The Morgan fingerprint density at radius 3 is 2.31 bits per heavy atom. The Labute approximate surface area is 99.9 Å². The molecule has 1 saturated heterocycles. The van der Waals surface area contributed by atoms with Gasteiger partial charge in [0, 0.05) is 20.2 Å². The minimum Gasteiger partial charge on any atom is -0.382 e. The van der Waals surface area contributed by atoms with E-state index in [1.165, 1.54) is 0 Å². The SMILES string of the molecule is CCC1(CC)CNCC(COC)(C(C)C)O1. The molecule has 0 aromatic heterocycles. The number of hydrogen-bond donors (Lipinski definition) is 1. The summed E-state index contributed by atoms with van der Waals surface area (Å²) in [5.41, 5.74) is -0.180. The molecule has 0 aliphatic carbocycles. The van der Waals surface area contributed by atoms with Crippen molar-refractivity contribution in [3.05, 3.63) is 0 Å². The summed E-state index contributed by atoms with van der Waals surface area (Å²) in [6.45, 7) is 11.3. The Morgan fingerprint density at radius 1 is 1.25 bits per heavy atom. The molecule has 0 bridgehead atoms. The van der Waals surface area contributed by atoms with Gasteiger partial charge in [0.25, 0.3) is 0 Å². The summed E-state index contributed by atoms with van der Waals surface area (Å²) < 4.78 is 11.8. The fourth-order valence-electron chi connectivity index (χ4n) is 2.46. The molecule has 16 heavy (non-hydrogen) atoms. The maximum absolute atomic E-state index is 6.47. The lowest BCUT2D eigenvalue weighted by Crippen LogP contribution is -2.64. The zero-order chi connectivity index (χ0) is 12.2. The largest absolute Gasteiger partial charge is 0.382 e. The summed E-state index contributed by atoms with van der Waals surface area (Å²) in [4.78, 5) is 0. The number of ether oxygens (including phenoxy) is 2. The molecule has 3 heteroatoms. The third-order valence-corrected chi connectivity index (χ3v) is 4.02. The standard InChI is InChI=1S/C13H27NO2/c1-6-12(7-2)8-14-9-13(16-12,10-15-5)11(3)4/h11,14H,6-10H2,1-5H3. The maximum atomic E-state index is 6.47. The fourth-order valence-corrected chi connectivity index (χ4v) is 2.46. The number of methoxy groups -OCH3 is 1. The first-order valence-electron chi connectivity index (χ1n) is 6.44. The Morgan fingerprint density at radius 2 is 1.88 bits per heavy atom. The molecule has 1 aliphatic rings. The van der Waals surface area contributed by atoms with Crippen molar-refractivity contribution >= 4 is 0 Å². The maximum Gasteiger partial charge on any atom is 0.107 e. The van der Waals surface area contributed by atoms with Crippen LogP contribution in [0.3, 0.4) is 0 Å². The summed E-state index contributed by atoms with van der Waals surface area (Å²) in [7, 11) is 1.75. The van der Waals surface area contributed by atoms with Crippen molar-refractivity contribution in [2.24, 2.45) is 5.92 Å². The Bertz CT molecular complexity index is 210. The van der Waals surface area contributed by atoms with Gasteiger partial charge in [-0.05, 0) is 18.8 Å². The fraction of sp³-hybridized carbons (Fsp3) is 1.00. The quantitative estimate of drug-likeness (QED) is 0.784. The zero-order valence-electron chi connectivity index (χ0n) is 11.4. The molecule has 96 valence electrons. The highest BCUT2D eigenvalue weighted by molar-refractivity contribution is 4.97. The van der Waals surface area contributed by atoms with Gasteiger partial charge in [0.1, 0.15) is 5.60 Å². The third-order valence-electron chi connectivity index (χ3n) is 4.02. The molecule has 1 aliphatic heterocycles. The van der Waals surface area contributed by atoms with Crippen molar-refractivity contribution in [1.82, 2.24) is 5.32 Å². The van der Waals surface area contributed by atoms with Crippen LogP contribution in [0.25, 0.3) is 0 Å². The van der Waals surface area contributed by atoms with Crippen molar-refractivity contribution in [2.75, 3.05) is 26.8 Å². The van der Waals surface area contributed by atoms with Crippen molar-refractivity contribution in [3.8, 4) is 0 Å². The zero-order valence-corrected chi connectivity index (χ0v) is 11.4. The molecule has 0 spiro atoms. The molecule has 1 unspecified atom stereocenters. The van der Waals surface area contributed by atoms with Gasteiger partial charge in [0.2, 0.25) is 0 Å². The molecule has 0 aromatic carbocycles. The van der Waals surface area contributed by atoms with E-state index in [4.69, 9.17) is 9.47 Å². The molecule has 0 amide bonds. The molecule has 1 atom stereocenters. The van der Waals surface area contributed by atoms with Crippen molar-refractivity contribution < 1.29 is 9.47 Å². The van der Waals surface area contributed by atoms with Crippen LogP contribution in [-0.2, 0) is 9.47 Å². The van der Waals surface area contributed by atoms with E-state index in [2.05, 4.69) is 33.0 Å². The topological polar surface area (TPSA) is 30.5 Å². The molecular formula is C13H27NO2. The highest BCUT2D eigenvalue weighted by atomic mass is 16.6. The van der Waals surface area contributed by atoms with Crippen LogP contribution in [0.4, 0.5) is 0 Å². The van der Waals surface area contributed by atoms with Gasteiger partial charge in [0.15, 0.2) is 0 Å². The Hall–Kier alpha value is -0.120. The van der Waals surface area contributed by atoms with E-state index >= 15 is 0 Å². The average molecular weight is 229 g/mol. The highest BCUT2D eigenvalue weighted by Gasteiger charge is 2.45. The van der Waals surface area contributed by atoms with Crippen LogP contribution in [0.2, 0.25) is 0 Å². The minimum atomic E-state index is -0.168. The summed E-state index contributed by atoms with van der Waals surface area (Å²) >= 11 is 0. The monoisotopic (exact) mass is 229 g/mol. The Kier molecular flexibility index (Phi) is 4.77. The van der Waals surface area contributed by atoms with Crippen LogP contribution in [0.5, 0.6) is 0 Å². The van der Waals surface area contributed by atoms with Crippen molar-refractivity contribution in [3.63, 3.8) is 0 Å². The van der Waals surface area contributed by atoms with Crippen LogP contribution >= 0.6 is 0 Å². The smallest absolute Gasteiger partial charge is 0.107 e. The molecule has 1 fully saturated rings. The van der Waals surface area contributed by atoms with Gasteiger partial charge >= 0.3 is 0 Å². The van der Waals surface area contributed by atoms with Gasteiger partial charge in [-0.25, -0.2) is 0 Å². The summed E-state index contributed by atoms with van der Waals surface area (Å²) in [6, 6.07) is 0. The van der Waals surface area contributed by atoms with Gasteiger partial charge in [-0.3, -0.25) is 0 Å². The first-order valence-corrected chi connectivity index (χ1v) is 6.44. The second-order valence-corrected chi connectivity index (χ2v) is 5.25. The van der Waals surface area contributed by atoms with Crippen molar-refractivity contribution in [2.45, 2.75) is 51.7 Å². The second kappa shape index (κ2) is 5.48. The number of morpholine rings is 1. The van der Waals surface area contributed by atoms with E-state index < -0.39 is 0 Å². The predicted octanol–water partition coefficient (Wildman–Crippen LogP) is 2.21. The molecule has 0 saturated carbocycles. The third kappa shape index (κ3) is 2.58. The van der Waals surface area contributed by atoms with E-state index in [-0.39, 0.29) is 11.2 Å². The van der Waals surface area contributed by atoms with E-state index in [1.807, 2.05) is 0 Å². The van der Waals surface area contributed by atoms with Gasteiger partial charge in [0.05, 0.1) is 12.2 Å². The van der Waals surface area contributed by atoms with Gasteiger partial charge in [-0.2, -0.15) is 0 Å². The first kappa shape index (κ1) is 13.9. The number of rotatable bonds is 5. The summed E-state index contributed by atoms with van der Waals surface area (Å²) in [5.74, 6) is 0.456.